The first kappa shape index (κ1) is 11.0. The maximum Gasteiger partial charge on any atom is 0.160 e. The van der Waals surface area contributed by atoms with Gasteiger partial charge in [-0.1, -0.05) is 6.08 Å². The Labute approximate surface area is 88.9 Å². The Morgan fingerprint density at radius 3 is 3.00 bits per heavy atom. The number of anilines is 1. The second-order valence-electron chi connectivity index (χ2n) is 3.18. The average Bonchev–Trinajstić information content (AvgIpc) is 2.66. The van der Waals surface area contributed by atoms with Gasteiger partial charge in [0.2, 0.25) is 0 Å². The molecule has 0 atom stereocenters. The van der Waals surface area contributed by atoms with E-state index in [1.807, 2.05) is 24.6 Å². The predicted octanol–water partition coefficient (Wildman–Crippen LogP) is 2.96. The molecule has 0 spiro atoms. The normalized spacial score (nSPS) is 9.79. The van der Waals surface area contributed by atoms with Crippen LogP contribution >= 0.6 is 11.3 Å². The summed E-state index contributed by atoms with van der Waals surface area (Å²) >= 11 is 1.49. The average molecular weight is 209 g/mol. The van der Waals surface area contributed by atoms with Crippen LogP contribution < -0.4 is 4.90 Å². The molecule has 14 heavy (non-hydrogen) atoms. The Hall–Kier alpha value is -1.09. The Balaban J connectivity index is 2.46. The summed E-state index contributed by atoms with van der Waals surface area (Å²) in [6.07, 6.45) is 4.96. The van der Waals surface area contributed by atoms with Gasteiger partial charge >= 0.3 is 0 Å². The third-order valence-electron chi connectivity index (χ3n) is 2.06. The summed E-state index contributed by atoms with van der Waals surface area (Å²) in [6.45, 7) is 4.69. The van der Waals surface area contributed by atoms with Gasteiger partial charge in [0.25, 0.3) is 0 Å². The van der Waals surface area contributed by atoms with Crippen molar-refractivity contribution in [2.45, 2.75) is 12.8 Å². The molecule has 1 aromatic rings. The highest BCUT2D eigenvalue weighted by molar-refractivity contribution is 7.12. The van der Waals surface area contributed by atoms with E-state index in [-0.39, 0.29) is 0 Å². The van der Waals surface area contributed by atoms with E-state index >= 15 is 0 Å². The van der Waals surface area contributed by atoms with E-state index in [1.54, 1.807) is 0 Å². The van der Waals surface area contributed by atoms with Crippen molar-refractivity contribution in [3.63, 3.8) is 0 Å². The van der Waals surface area contributed by atoms with E-state index in [9.17, 15) is 4.79 Å². The van der Waals surface area contributed by atoms with Crippen LogP contribution in [0.4, 0.5) is 5.69 Å². The van der Waals surface area contributed by atoms with Crippen LogP contribution in [0, 0.1) is 0 Å². The van der Waals surface area contributed by atoms with Crippen molar-refractivity contribution >= 4 is 23.3 Å². The molecule has 3 heteroatoms. The van der Waals surface area contributed by atoms with Crippen molar-refractivity contribution < 1.29 is 4.79 Å². The molecule has 0 amide bonds. The summed E-state index contributed by atoms with van der Waals surface area (Å²) in [5.74, 6) is 0. The zero-order valence-corrected chi connectivity index (χ0v) is 9.22. The van der Waals surface area contributed by atoms with Gasteiger partial charge in [0.05, 0.1) is 4.88 Å². The fourth-order valence-corrected chi connectivity index (χ4v) is 1.96. The van der Waals surface area contributed by atoms with Gasteiger partial charge < -0.3 is 4.90 Å². The van der Waals surface area contributed by atoms with Gasteiger partial charge in [0.1, 0.15) is 0 Å². The number of carbonyl (C=O) groups is 1. The van der Waals surface area contributed by atoms with Crippen LogP contribution in [0.5, 0.6) is 0 Å². The molecule has 76 valence electrons. The number of aldehydes is 1. The van der Waals surface area contributed by atoms with Crippen LogP contribution in [0.15, 0.2) is 24.1 Å². The molecular weight excluding hydrogens is 194 g/mol. The summed E-state index contributed by atoms with van der Waals surface area (Å²) in [5, 5.41) is 2.01. The molecule has 0 saturated heterocycles. The third kappa shape index (κ3) is 3.00. The second kappa shape index (κ2) is 5.60. The van der Waals surface area contributed by atoms with Crippen LogP contribution in [0.3, 0.4) is 0 Å². The van der Waals surface area contributed by atoms with Crippen LogP contribution in [0.1, 0.15) is 22.5 Å². The zero-order chi connectivity index (χ0) is 10.4. The number of hydrogen-bond donors (Lipinski definition) is 0. The van der Waals surface area contributed by atoms with Crippen molar-refractivity contribution in [1.29, 1.82) is 0 Å². The minimum atomic E-state index is 0.788. The van der Waals surface area contributed by atoms with E-state index in [0.717, 1.165) is 36.2 Å². The molecule has 0 bridgehead atoms. The summed E-state index contributed by atoms with van der Waals surface area (Å²) < 4.78 is 0. The van der Waals surface area contributed by atoms with E-state index in [2.05, 4.69) is 11.5 Å². The van der Waals surface area contributed by atoms with Crippen molar-refractivity contribution in [3.05, 3.63) is 29.0 Å². The molecule has 2 nitrogen and oxygen atoms in total. The van der Waals surface area contributed by atoms with Gasteiger partial charge in [0, 0.05) is 24.7 Å². The second-order valence-corrected chi connectivity index (χ2v) is 4.12. The molecule has 1 aromatic heterocycles. The Morgan fingerprint density at radius 2 is 2.43 bits per heavy atom. The standard InChI is InChI=1S/C11H15NOS/c1-3-4-5-6-12(2)10-7-11(8-13)14-9-10/h3,7-9H,1,4-6H2,2H3. The first-order valence-electron chi connectivity index (χ1n) is 4.63. The maximum absolute atomic E-state index is 10.5. The number of thiophene rings is 1. The molecule has 0 aromatic carbocycles. The molecule has 0 saturated carbocycles. The number of allylic oxidation sites excluding steroid dienone is 1. The van der Waals surface area contributed by atoms with E-state index in [1.165, 1.54) is 11.3 Å². The zero-order valence-electron chi connectivity index (χ0n) is 8.40. The third-order valence-corrected chi connectivity index (χ3v) is 2.91. The van der Waals surface area contributed by atoms with E-state index in [0.29, 0.717) is 0 Å². The summed E-state index contributed by atoms with van der Waals surface area (Å²) in [6, 6.07) is 1.92. The smallest absolute Gasteiger partial charge is 0.160 e. The van der Waals surface area contributed by atoms with Gasteiger partial charge in [-0.05, 0) is 18.9 Å². The summed E-state index contributed by atoms with van der Waals surface area (Å²) in [7, 11) is 2.04. The Morgan fingerprint density at radius 1 is 1.64 bits per heavy atom. The highest BCUT2D eigenvalue weighted by atomic mass is 32.1. The first-order chi connectivity index (χ1) is 6.77. The lowest BCUT2D eigenvalue weighted by atomic mass is 10.3. The molecule has 0 N–H and O–H groups in total. The lowest BCUT2D eigenvalue weighted by Gasteiger charge is -2.16. The van der Waals surface area contributed by atoms with Crippen LogP contribution in [-0.4, -0.2) is 19.9 Å². The lowest BCUT2D eigenvalue weighted by Crippen LogP contribution is -2.17. The molecule has 0 aliphatic heterocycles. The highest BCUT2D eigenvalue weighted by Gasteiger charge is 2.03. The lowest BCUT2D eigenvalue weighted by molar-refractivity contribution is 0.112. The number of rotatable bonds is 6. The molecule has 0 fully saturated rings. The molecular formula is C11H15NOS. The molecule has 1 heterocycles. The van der Waals surface area contributed by atoms with Crippen LogP contribution in [0.2, 0.25) is 0 Å². The van der Waals surface area contributed by atoms with Crippen LogP contribution in [-0.2, 0) is 0 Å². The van der Waals surface area contributed by atoms with Gasteiger partial charge in [0.15, 0.2) is 6.29 Å². The van der Waals surface area contributed by atoms with Crippen molar-refractivity contribution in [2.24, 2.45) is 0 Å². The Bertz CT molecular complexity index is 306. The van der Waals surface area contributed by atoms with Gasteiger partial charge in [-0.15, -0.1) is 17.9 Å². The van der Waals surface area contributed by atoms with Crippen LogP contribution in [0.25, 0.3) is 0 Å². The highest BCUT2D eigenvalue weighted by Crippen LogP contribution is 2.21. The van der Waals surface area contributed by atoms with E-state index in [4.69, 9.17) is 0 Å². The molecule has 0 aliphatic rings. The first-order valence-corrected chi connectivity index (χ1v) is 5.51. The topological polar surface area (TPSA) is 20.3 Å². The quantitative estimate of drug-likeness (QED) is 0.408. The SMILES string of the molecule is C=CCCCN(C)c1csc(C=O)c1. The Kier molecular flexibility index (Phi) is 4.40. The number of hydrogen-bond acceptors (Lipinski definition) is 3. The molecule has 0 aliphatic carbocycles. The van der Waals surface area contributed by atoms with Gasteiger partial charge in [-0.3, -0.25) is 4.79 Å². The van der Waals surface area contributed by atoms with E-state index < -0.39 is 0 Å². The molecule has 1 rings (SSSR count). The molecule has 0 unspecified atom stereocenters. The number of unbranched alkanes of at least 4 members (excludes halogenated alkanes) is 1. The summed E-state index contributed by atoms with van der Waals surface area (Å²) in [5.41, 5.74) is 1.13. The fourth-order valence-electron chi connectivity index (χ4n) is 1.21. The minimum Gasteiger partial charge on any atom is -0.374 e. The van der Waals surface area contributed by atoms with Crippen molar-refractivity contribution in [3.8, 4) is 0 Å². The maximum atomic E-state index is 10.5. The molecule has 0 radical (unpaired) electrons. The minimum absolute atomic E-state index is 0.788. The monoisotopic (exact) mass is 209 g/mol. The number of nitrogens with zero attached hydrogens (tertiary/aromatic N) is 1. The fraction of sp³-hybridized carbons (Fsp3) is 0.364. The van der Waals surface area contributed by atoms with Crippen molar-refractivity contribution in [2.75, 3.05) is 18.5 Å². The van der Waals surface area contributed by atoms with Gasteiger partial charge in [-0.25, -0.2) is 0 Å². The predicted molar refractivity (Wildman–Crippen MR) is 62.4 cm³/mol. The largest absolute Gasteiger partial charge is 0.374 e. The van der Waals surface area contributed by atoms with Crippen molar-refractivity contribution in [1.82, 2.24) is 0 Å². The number of carbonyl (C=O) groups excluding carboxylic acids is 1. The summed E-state index contributed by atoms with van der Waals surface area (Å²) in [4.78, 5) is 13.4. The van der Waals surface area contributed by atoms with Gasteiger partial charge in [-0.2, -0.15) is 0 Å².